The molecule has 1 aromatic carbocycles. The molecule has 0 radical (unpaired) electrons. The summed E-state index contributed by atoms with van der Waals surface area (Å²) in [5, 5.41) is 0. The first-order chi connectivity index (χ1) is 7.61. The molecule has 0 saturated carbocycles. The van der Waals surface area contributed by atoms with Crippen molar-refractivity contribution in [2.24, 2.45) is 0 Å². The Hall–Kier alpha value is -2.10. The van der Waals surface area contributed by atoms with Crippen LogP contribution < -0.4 is 5.69 Å². The maximum atomic E-state index is 12.0. The Morgan fingerprint density at radius 2 is 1.81 bits per heavy atom. The molecule has 4 nitrogen and oxygen atoms in total. The fourth-order valence-corrected chi connectivity index (χ4v) is 1.58. The molecule has 0 bridgehead atoms. The fraction of sp³-hybridized carbons (Fsp3) is 0.167. The predicted molar refractivity (Wildman–Crippen MR) is 60.7 cm³/mol. The molecule has 0 aliphatic carbocycles. The molecule has 2 aromatic rings. The van der Waals surface area contributed by atoms with Crippen molar-refractivity contribution in [1.82, 2.24) is 9.55 Å². The van der Waals surface area contributed by atoms with Gasteiger partial charge in [0.25, 0.3) is 5.91 Å². The molecular formula is C12H12N2O2. The number of aromatic nitrogens is 2. The largest absolute Gasteiger partial charge is 0.333 e. The van der Waals surface area contributed by atoms with Gasteiger partial charge < -0.3 is 4.98 Å². The van der Waals surface area contributed by atoms with Gasteiger partial charge in [0.05, 0.1) is 0 Å². The van der Waals surface area contributed by atoms with Crippen LogP contribution in [-0.2, 0) is 0 Å². The number of rotatable bonds is 1. The van der Waals surface area contributed by atoms with Crippen LogP contribution in [0.4, 0.5) is 0 Å². The standard InChI is InChI=1S/C12H12N2O2/c1-8-9(2)14(12(16)13-8)11(15)10-6-4-3-5-7-10/h3-7H,1-2H3,(H,13,16). The van der Waals surface area contributed by atoms with E-state index in [1.54, 1.807) is 38.1 Å². The molecule has 0 aliphatic rings. The van der Waals surface area contributed by atoms with Crippen molar-refractivity contribution in [3.8, 4) is 0 Å². The van der Waals surface area contributed by atoms with Crippen LogP contribution in [0.3, 0.4) is 0 Å². The Balaban J connectivity index is 2.54. The van der Waals surface area contributed by atoms with E-state index < -0.39 is 0 Å². The van der Waals surface area contributed by atoms with Gasteiger partial charge in [0.15, 0.2) is 0 Å². The Bertz CT molecular complexity index is 579. The molecule has 1 N–H and O–H groups in total. The van der Waals surface area contributed by atoms with Gasteiger partial charge in [-0.3, -0.25) is 4.79 Å². The summed E-state index contributed by atoms with van der Waals surface area (Å²) < 4.78 is 1.16. The third-order valence-corrected chi connectivity index (χ3v) is 2.60. The van der Waals surface area contributed by atoms with Gasteiger partial charge in [0, 0.05) is 17.0 Å². The highest BCUT2D eigenvalue weighted by Gasteiger charge is 2.15. The van der Waals surface area contributed by atoms with Gasteiger partial charge in [-0.25, -0.2) is 9.36 Å². The molecular weight excluding hydrogens is 204 g/mol. The number of nitrogens with zero attached hydrogens (tertiary/aromatic N) is 1. The number of hydrogen-bond acceptors (Lipinski definition) is 2. The van der Waals surface area contributed by atoms with E-state index in [4.69, 9.17) is 0 Å². The number of hydrogen-bond donors (Lipinski definition) is 1. The topological polar surface area (TPSA) is 54.9 Å². The van der Waals surface area contributed by atoms with Crippen LogP contribution in [0.15, 0.2) is 35.1 Å². The van der Waals surface area contributed by atoms with Crippen LogP contribution in [0.2, 0.25) is 0 Å². The Morgan fingerprint density at radius 1 is 1.19 bits per heavy atom. The fourth-order valence-electron chi connectivity index (χ4n) is 1.58. The number of aryl methyl sites for hydroxylation is 1. The second kappa shape index (κ2) is 3.81. The Labute approximate surface area is 92.5 Å². The highest BCUT2D eigenvalue weighted by Crippen LogP contribution is 2.05. The highest BCUT2D eigenvalue weighted by molar-refractivity contribution is 5.96. The zero-order valence-electron chi connectivity index (χ0n) is 9.15. The minimum absolute atomic E-state index is 0.299. The first kappa shape index (κ1) is 10.4. The summed E-state index contributed by atoms with van der Waals surface area (Å²) in [5.41, 5.74) is 1.49. The van der Waals surface area contributed by atoms with Crippen molar-refractivity contribution in [1.29, 1.82) is 0 Å². The predicted octanol–water partition coefficient (Wildman–Crippen LogP) is 1.48. The molecule has 0 spiro atoms. The minimum Gasteiger partial charge on any atom is -0.309 e. The van der Waals surface area contributed by atoms with Crippen molar-refractivity contribution >= 4 is 5.91 Å². The molecule has 0 atom stereocenters. The van der Waals surface area contributed by atoms with E-state index in [1.165, 1.54) is 0 Å². The van der Waals surface area contributed by atoms with Crippen molar-refractivity contribution < 1.29 is 4.79 Å². The molecule has 82 valence electrons. The summed E-state index contributed by atoms with van der Waals surface area (Å²) in [6.45, 7) is 3.51. The highest BCUT2D eigenvalue weighted by atomic mass is 16.2. The van der Waals surface area contributed by atoms with Crippen molar-refractivity contribution in [3.05, 3.63) is 57.8 Å². The minimum atomic E-state index is -0.385. The Morgan fingerprint density at radius 3 is 2.31 bits per heavy atom. The summed E-state index contributed by atoms with van der Waals surface area (Å²) >= 11 is 0. The number of carbonyl (C=O) groups excluding carboxylic acids is 1. The molecule has 16 heavy (non-hydrogen) atoms. The van der Waals surface area contributed by atoms with E-state index in [9.17, 15) is 9.59 Å². The normalized spacial score (nSPS) is 10.4. The number of aromatic amines is 1. The lowest BCUT2D eigenvalue weighted by Crippen LogP contribution is -2.25. The van der Waals surface area contributed by atoms with Crippen molar-refractivity contribution in [2.45, 2.75) is 13.8 Å². The SMILES string of the molecule is Cc1[nH]c(=O)n(C(=O)c2ccccc2)c1C. The zero-order chi connectivity index (χ0) is 11.7. The molecule has 1 heterocycles. The lowest BCUT2D eigenvalue weighted by Gasteiger charge is -2.02. The molecule has 0 saturated heterocycles. The van der Waals surface area contributed by atoms with Crippen LogP contribution in [0.1, 0.15) is 21.7 Å². The van der Waals surface area contributed by atoms with Crippen LogP contribution in [0.25, 0.3) is 0 Å². The molecule has 0 amide bonds. The average molecular weight is 216 g/mol. The first-order valence-corrected chi connectivity index (χ1v) is 4.99. The summed E-state index contributed by atoms with van der Waals surface area (Å²) in [7, 11) is 0. The maximum absolute atomic E-state index is 12.0. The second-order valence-corrected chi connectivity index (χ2v) is 3.65. The maximum Gasteiger partial charge on any atom is 0.333 e. The second-order valence-electron chi connectivity index (χ2n) is 3.65. The number of carbonyl (C=O) groups is 1. The van der Waals surface area contributed by atoms with E-state index in [2.05, 4.69) is 4.98 Å². The number of imidazole rings is 1. The van der Waals surface area contributed by atoms with Gasteiger partial charge in [-0.1, -0.05) is 18.2 Å². The molecule has 2 rings (SSSR count). The van der Waals surface area contributed by atoms with Gasteiger partial charge in [0.1, 0.15) is 0 Å². The van der Waals surface area contributed by atoms with E-state index in [-0.39, 0.29) is 11.6 Å². The van der Waals surface area contributed by atoms with Crippen LogP contribution in [-0.4, -0.2) is 15.5 Å². The summed E-state index contributed by atoms with van der Waals surface area (Å²) in [6.07, 6.45) is 0. The molecule has 4 heteroatoms. The smallest absolute Gasteiger partial charge is 0.309 e. The molecule has 1 aromatic heterocycles. The summed E-state index contributed by atoms with van der Waals surface area (Å²) in [5.74, 6) is -0.299. The number of benzene rings is 1. The average Bonchev–Trinajstić information content (AvgIpc) is 2.54. The molecule has 0 fully saturated rings. The van der Waals surface area contributed by atoms with E-state index in [0.717, 1.165) is 4.57 Å². The third kappa shape index (κ3) is 1.58. The zero-order valence-corrected chi connectivity index (χ0v) is 9.15. The molecule has 0 unspecified atom stereocenters. The van der Waals surface area contributed by atoms with Gasteiger partial charge >= 0.3 is 5.69 Å². The van der Waals surface area contributed by atoms with E-state index >= 15 is 0 Å². The van der Waals surface area contributed by atoms with Gasteiger partial charge in [0.2, 0.25) is 0 Å². The van der Waals surface area contributed by atoms with Gasteiger partial charge in [-0.15, -0.1) is 0 Å². The lowest BCUT2D eigenvalue weighted by atomic mass is 10.2. The monoisotopic (exact) mass is 216 g/mol. The van der Waals surface area contributed by atoms with Crippen LogP contribution >= 0.6 is 0 Å². The summed E-state index contributed by atoms with van der Waals surface area (Å²) in [6, 6.07) is 8.75. The van der Waals surface area contributed by atoms with Crippen LogP contribution in [0.5, 0.6) is 0 Å². The van der Waals surface area contributed by atoms with E-state index in [1.807, 2.05) is 6.07 Å². The quantitative estimate of drug-likeness (QED) is 0.785. The van der Waals surface area contributed by atoms with Gasteiger partial charge in [-0.2, -0.15) is 0 Å². The molecule has 0 aliphatic heterocycles. The summed E-state index contributed by atoms with van der Waals surface area (Å²) in [4.78, 5) is 26.2. The van der Waals surface area contributed by atoms with Crippen LogP contribution in [0, 0.1) is 13.8 Å². The lowest BCUT2D eigenvalue weighted by molar-refractivity contribution is 0.0954. The third-order valence-electron chi connectivity index (χ3n) is 2.60. The van der Waals surface area contributed by atoms with E-state index in [0.29, 0.717) is 17.0 Å². The number of nitrogens with one attached hydrogen (secondary N) is 1. The van der Waals surface area contributed by atoms with Gasteiger partial charge in [-0.05, 0) is 26.0 Å². The Kier molecular flexibility index (Phi) is 2.48. The van der Waals surface area contributed by atoms with Crippen molar-refractivity contribution in [2.75, 3.05) is 0 Å². The number of H-pyrrole nitrogens is 1. The van der Waals surface area contributed by atoms with Crippen molar-refractivity contribution in [3.63, 3.8) is 0 Å². The first-order valence-electron chi connectivity index (χ1n) is 4.99.